The number of fused-ring (bicyclic) bond motifs is 1. The van der Waals surface area contributed by atoms with Crippen LogP contribution in [0.4, 0.5) is 5.82 Å². The number of nitrogens with zero attached hydrogens (tertiary/aromatic N) is 7. The van der Waals surface area contributed by atoms with E-state index in [0.717, 1.165) is 18.6 Å². The number of nitrogens with one attached hydrogen (secondary N) is 2. The van der Waals surface area contributed by atoms with Gasteiger partial charge in [-0.3, -0.25) is 5.10 Å². The maximum Gasteiger partial charge on any atom is 0.191 e. The number of hydrogen-bond acceptors (Lipinski definition) is 10. The number of hydrogen-bond donors (Lipinski definition) is 4. The molecule has 6 rings (SSSR count). The van der Waals surface area contributed by atoms with Crippen LogP contribution >= 0.6 is 11.8 Å². The van der Waals surface area contributed by atoms with E-state index in [4.69, 9.17) is 9.97 Å². The Morgan fingerprint density at radius 1 is 1.08 bits per heavy atom. The van der Waals surface area contributed by atoms with Crippen LogP contribution in [0.3, 0.4) is 0 Å². The molecule has 188 valence electrons. The van der Waals surface area contributed by atoms with Crippen molar-refractivity contribution in [3.63, 3.8) is 0 Å². The Kier molecular flexibility index (Phi) is 6.10. The summed E-state index contributed by atoms with van der Waals surface area (Å²) in [6.07, 6.45) is 0.393. The molecule has 3 aromatic heterocycles. The number of aliphatic hydroxyl groups is 2. The molecule has 2 aliphatic carbocycles. The summed E-state index contributed by atoms with van der Waals surface area (Å²) in [5.74, 6) is 2.73. The molecular weight excluding hydrogens is 478 g/mol. The molecule has 4 N–H and O–H groups in total. The molecule has 0 amide bonds. The molecular formula is C24H29N9O2S. The first-order valence-corrected chi connectivity index (χ1v) is 13.3. The molecule has 11 nitrogen and oxygen atoms in total. The van der Waals surface area contributed by atoms with Gasteiger partial charge in [0.25, 0.3) is 0 Å². The number of aliphatic hydroxyl groups excluding tert-OH is 2. The molecule has 2 aliphatic rings. The van der Waals surface area contributed by atoms with E-state index in [1.165, 1.54) is 5.56 Å². The van der Waals surface area contributed by atoms with E-state index < -0.39 is 24.2 Å². The smallest absolute Gasteiger partial charge is 0.191 e. The Bertz CT molecular complexity index is 1360. The predicted octanol–water partition coefficient (Wildman–Crippen LogP) is 2.57. The van der Waals surface area contributed by atoms with Crippen molar-refractivity contribution >= 4 is 28.7 Å². The Balaban J connectivity index is 1.32. The van der Waals surface area contributed by atoms with Crippen molar-refractivity contribution in [3.05, 3.63) is 47.5 Å². The van der Waals surface area contributed by atoms with Crippen LogP contribution in [0, 0.1) is 6.92 Å². The lowest BCUT2D eigenvalue weighted by atomic mass is 10.1. The van der Waals surface area contributed by atoms with Crippen molar-refractivity contribution in [2.24, 2.45) is 0 Å². The second-order valence-corrected chi connectivity index (χ2v) is 10.6. The van der Waals surface area contributed by atoms with Gasteiger partial charge in [-0.1, -0.05) is 54.2 Å². The van der Waals surface area contributed by atoms with Crippen molar-refractivity contribution in [3.8, 4) is 0 Å². The van der Waals surface area contributed by atoms with Crippen LogP contribution in [-0.4, -0.2) is 74.4 Å². The Hall–Kier alpha value is -3.09. The van der Waals surface area contributed by atoms with Gasteiger partial charge in [0.05, 0.1) is 12.1 Å². The summed E-state index contributed by atoms with van der Waals surface area (Å²) in [5, 5.41) is 41.7. The number of anilines is 1. The number of H-pyrrole nitrogens is 1. The molecule has 0 bridgehead atoms. The SMILES string of the molecule is CCCSc1nc(NC2CC2c2ccccc2)c2nnn([C@@H]3C[C@H](c4nc(C)n[nH]4)[C@@H](O)[C@H]3O)c2n1. The third-order valence-electron chi connectivity index (χ3n) is 7.01. The number of thioether (sulfide) groups is 1. The molecule has 0 spiro atoms. The lowest BCUT2D eigenvalue weighted by molar-refractivity contribution is 0.0146. The average molecular weight is 508 g/mol. The summed E-state index contributed by atoms with van der Waals surface area (Å²) in [4.78, 5) is 13.9. The zero-order chi connectivity index (χ0) is 24.8. The fourth-order valence-corrected chi connectivity index (χ4v) is 5.74. The van der Waals surface area contributed by atoms with Crippen LogP contribution in [0.15, 0.2) is 35.5 Å². The summed E-state index contributed by atoms with van der Waals surface area (Å²) in [6, 6.07) is 10.2. The van der Waals surface area contributed by atoms with Gasteiger partial charge in [0.15, 0.2) is 22.1 Å². The van der Waals surface area contributed by atoms with Crippen LogP contribution in [0.1, 0.15) is 61.3 Å². The second-order valence-electron chi connectivity index (χ2n) is 9.57. The Labute approximate surface area is 212 Å². The molecule has 0 saturated heterocycles. The van der Waals surface area contributed by atoms with Crippen molar-refractivity contribution in [2.45, 2.75) is 74.4 Å². The van der Waals surface area contributed by atoms with Gasteiger partial charge >= 0.3 is 0 Å². The van der Waals surface area contributed by atoms with E-state index in [0.29, 0.717) is 46.1 Å². The van der Waals surface area contributed by atoms with Gasteiger partial charge in [-0.2, -0.15) is 5.10 Å². The number of rotatable bonds is 8. The molecule has 0 aliphatic heterocycles. The monoisotopic (exact) mass is 507 g/mol. The van der Waals surface area contributed by atoms with Crippen LogP contribution in [0.2, 0.25) is 0 Å². The first-order chi connectivity index (χ1) is 17.5. The zero-order valence-corrected chi connectivity index (χ0v) is 20.9. The number of aromatic nitrogens is 8. The van der Waals surface area contributed by atoms with Gasteiger partial charge in [-0.15, -0.1) is 5.10 Å². The fraction of sp³-hybridized carbons (Fsp3) is 0.500. The van der Waals surface area contributed by atoms with Crippen molar-refractivity contribution < 1.29 is 10.2 Å². The van der Waals surface area contributed by atoms with E-state index in [2.05, 4.69) is 62.0 Å². The Morgan fingerprint density at radius 3 is 2.67 bits per heavy atom. The van der Waals surface area contributed by atoms with Crippen LogP contribution in [0.25, 0.3) is 11.2 Å². The lowest BCUT2D eigenvalue weighted by Gasteiger charge is -2.17. The minimum absolute atomic E-state index is 0.262. The third-order valence-corrected chi connectivity index (χ3v) is 8.06. The summed E-state index contributed by atoms with van der Waals surface area (Å²) in [6.45, 7) is 3.90. The molecule has 2 unspecified atom stereocenters. The predicted molar refractivity (Wildman–Crippen MR) is 135 cm³/mol. The van der Waals surface area contributed by atoms with E-state index in [1.807, 2.05) is 6.07 Å². The first kappa shape index (κ1) is 23.3. The van der Waals surface area contributed by atoms with Crippen molar-refractivity contribution in [1.29, 1.82) is 0 Å². The molecule has 36 heavy (non-hydrogen) atoms. The standard InChI is InChI=1S/C24H29N9O2S/c1-3-9-36-24-27-22(26-16-10-14(16)13-7-5-4-6-8-13)18-23(28-24)33(32-30-18)17-11-15(19(34)20(17)35)21-25-12(2)29-31-21/h4-8,14-17,19-20,34-35H,3,9-11H2,1-2H3,(H,25,29,31)(H,26,27,28)/t14?,15-,16?,17+,19+,20-/m0/s1. The van der Waals surface area contributed by atoms with Crippen LogP contribution in [0.5, 0.6) is 0 Å². The summed E-state index contributed by atoms with van der Waals surface area (Å²) < 4.78 is 1.64. The average Bonchev–Trinajstić information content (AvgIpc) is 3.16. The van der Waals surface area contributed by atoms with E-state index in [9.17, 15) is 10.2 Å². The summed E-state index contributed by atoms with van der Waals surface area (Å²) >= 11 is 1.58. The summed E-state index contributed by atoms with van der Waals surface area (Å²) in [5.41, 5.74) is 2.42. The number of benzene rings is 1. The maximum absolute atomic E-state index is 11.0. The largest absolute Gasteiger partial charge is 0.390 e. The number of aryl methyl sites for hydroxylation is 1. The highest BCUT2D eigenvalue weighted by Gasteiger charge is 2.46. The first-order valence-electron chi connectivity index (χ1n) is 12.4. The highest BCUT2D eigenvalue weighted by molar-refractivity contribution is 7.99. The van der Waals surface area contributed by atoms with Gasteiger partial charge in [0.1, 0.15) is 17.8 Å². The normalized spacial score (nSPS) is 27.6. The molecule has 4 aromatic rings. The van der Waals surface area contributed by atoms with Crippen molar-refractivity contribution in [1.82, 2.24) is 40.1 Å². The van der Waals surface area contributed by atoms with Crippen LogP contribution in [-0.2, 0) is 0 Å². The van der Waals surface area contributed by atoms with Gasteiger partial charge in [-0.05, 0) is 31.7 Å². The second kappa shape index (κ2) is 9.41. The van der Waals surface area contributed by atoms with E-state index in [-0.39, 0.29) is 6.04 Å². The van der Waals surface area contributed by atoms with Gasteiger partial charge in [-0.25, -0.2) is 19.6 Å². The van der Waals surface area contributed by atoms with Gasteiger partial charge < -0.3 is 15.5 Å². The van der Waals surface area contributed by atoms with Gasteiger partial charge in [0.2, 0.25) is 0 Å². The maximum atomic E-state index is 11.0. The number of aromatic amines is 1. The minimum Gasteiger partial charge on any atom is -0.390 e. The molecule has 2 fully saturated rings. The van der Waals surface area contributed by atoms with E-state index >= 15 is 0 Å². The molecule has 6 atom stereocenters. The molecule has 2 saturated carbocycles. The minimum atomic E-state index is -1.05. The highest BCUT2D eigenvalue weighted by atomic mass is 32.2. The summed E-state index contributed by atoms with van der Waals surface area (Å²) in [7, 11) is 0. The molecule has 1 aromatic carbocycles. The van der Waals surface area contributed by atoms with Crippen LogP contribution < -0.4 is 5.32 Å². The lowest BCUT2D eigenvalue weighted by Crippen LogP contribution is -2.29. The Morgan fingerprint density at radius 2 is 1.92 bits per heavy atom. The quantitative estimate of drug-likeness (QED) is 0.207. The fourth-order valence-electron chi connectivity index (χ4n) is 5.04. The topological polar surface area (TPSA) is 151 Å². The molecule has 12 heteroatoms. The molecule has 3 heterocycles. The zero-order valence-electron chi connectivity index (χ0n) is 20.1. The third kappa shape index (κ3) is 4.22. The highest BCUT2D eigenvalue weighted by Crippen LogP contribution is 2.44. The van der Waals surface area contributed by atoms with E-state index in [1.54, 1.807) is 23.4 Å². The molecule has 0 radical (unpaired) electrons. The van der Waals surface area contributed by atoms with Gasteiger partial charge in [0, 0.05) is 23.6 Å². The van der Waals surface area contributed by atoms with Crippen molar-refractivity contribution in [2.75, 3.05) is 11.1 Å².